The summed E-state index contributed by atoms with van der Waals surface area (Å²) >= 11 is 12.4. The van der Waals surface area contributed by atoms with Gasteiger partial charge in [0.25, 0.3) is 15.9 Å². The molecule has 0 saturated heterocycles. The van der Waals surface area contributed by atoms with E-state index in [4.69, 9.17) is 23.2 Å². The quantitative estimate of drug-likeness (QED) is 0.298. The van der Waals surface area contributed by atoms with Crippen LogP contribution in [0.3, 0.4) is 0 Å². The Labute approximate surface area is 216 Å². The van der Waals surface area contributed by atoms with Crippen LogP contribution in [0.25, 0.3) is 0 Å². The highest BCUT2D eigenvalue weighted by Crippen LogP contribution is 2.35. The second kappa shape index (κ2) is 10.8. The van der Waals surface area contributed by atoms with Gasteiger partial charge in [0, 0.05) is 0 Å². The van der Waals surface area contributed by atoms with Gasteiger partial charge in [-0.2, -0.15) is 5.10 Å². The number of benzene rings is 3. The van der Waals surface area contributed by atoms with E-state index in [1.807, 2.05) is 24.3 Å². The van der Waals surface area contributed by atoms with Gasteiger partial charge in [0.15, 0.2) is 0 Å². The summed E-state index contributed by atoms with van der Waals surface area (Å²) in [6.07, 6.45) is 0. The Morgan fingerprint density at radius 2 is 1.57 bits per heavy atom. The normalized spacial score (nSPS) is 12.3. The third-order valence-electron chi connectivity index (χ3n) is 5.34. The number of amides is 1. The van der Waals surface area contributed by atoms with Crippen LogP contribution >= 0.6 is 23.2 Å². The number of sulfonamides is 1. The molecule has 0 aromatic heterocycles. The Kier molecular flexibility index (Phi) is 8.26. The van der Waals surface area contributed by atoms with Crippen molar-refractivity contribution in [1.82, 2.24) is 5.43 Å². The topological polar surface area (TPSA) is 78.8 Å². The van der Waals surface area contributed by atoms with Gasteiger partial charge in [-0.25, -0.2) is 13.8 Å². The Morgan fingerprint density at radius 1 is 0.943 bits per heavy atom. The van der Waals surface area contributed by atoms with E-state index in [0.29, 0.717) is 5.71 Å². The first kappa shape index (κ1) is 26.7. The molecule has 1 N–H and O–H groups in total. The fraction of sp³-hybridized carbons (Fsp3) is 0.231. The van der Waals surface area contributed by atoms with Crippen molar-refractivity contribution in [2.75, 3.05) is 10.8 Å². The van der Waals surface area contributed by atoms with E-state index in [1.165, 1.54) is 23.8 Å². The predicted octanol–water partition coefficient (Wildman–Crippen LogP) is 6.03. The maximum absolute atomic E-state index is 13.4. The summed E-state index contributed by atoms with van der Waals surface area (Å²) in [5.41, 5.74) is 5.16. The van der Waals surface area contributed by atoms with Gasteiger partial charge < -0.3 is 0 Å². The third-order valence-corrected chi connectivity index (χ3v) is 7.92. The van der Waals surface area contributed by atoms with E-state index in [2.05, 4.69) is 31.3 Å². The van der Waals surface area contributed by atoms with Crippen LogP contribution in [0.15, 0.2) is 82.8 Å². The summed E-state index contributed by atoms with van der Waals surface area (Å²) in [7, 11) is -4.12. The molecule has 35 heavy (non-hydrogen) atoms. The van der Waals surface area contributed by atoms with E-state index < -0.39 is 22.5 Å². The molecule has 0 radical (unpaired) electrons. The molecule has 3 aromatic carbocycles. The lowest BCUT2D eigenvalue weighted by atomic mass is 9.86. The van der Waals surface area contributed by atoms with Gasteiger partial charge in [-0.1, -0.05) is 92.5 Å². The first-order chi connectivity index (χ1) is 16.4. The van der Waals surface area contributed by atoms with E-state index in [-0.39, 0.29) is 26.0 Å². The van der Waals surface area contributed by atoms with Gasteiger partial charge in [-0.15, -0.1) is 0 Å². The average molecular weight is 532 g/mol. The van der Waals surface area contributed by atoms with Gasteiger partial charge in [-0.05, 0) is 47.7 Å². The number of hydrazone groups is 1. The molecule has 3 rings (SSSR count). The highest BCUT2D eigenvalue weighted by molar-refractivity contribution is 7.92. The van der Waals surface area contributed by atoms with Crippen LogP contribution in [0, 0.1) is 0 Å². The summed E-state index contributed by atoms with van der Waals surface area (Å²) < 4.78 is 27.8. The van der Waals surface area contributed by atoms with E-state index in [9.17, 15) is 13.2 Å². The van der Waals surface area contributed by atoms with E-state index in [0.717, 1.165) is 9.87 Å². The van der Waals surface area contributed by atoms with Crippen LogP contribution in [0.4, 0.5) is 5.69 Å². The summed E-state index contributed by atoms with van der Waals surface area (Å²) in [4.78, 5) is 12.8. The predicted molar refractivity (Wildman–Crippen MR) is 143 cm³/mol. The lowest BCUT2D eigenvalue weighted by Gasteiger charge is -2.25. The highest BCUT2D eigenvalue weighted by Gasteiger charge is 2.29. The van der Waals surface area contributed by atoms with Crippen molar-refractivity contribution in [3.8, 4) is 0 Å². The van der Waals surface area contributed by atoms with Gasteiger partial charge in [-0.3, -0.25) is 9.10 Å². The molecule has 0 aliphatic carbocycles. The highest BCUT2D eigenvalue weighted by atomic mass is 35.5. The van der Waals surface area contributed by atoms with E-state index in [1.54, 1.807) is 37.3 Å². The molecule has 6 nitrogen and oxygen atoms in total. The van der Waals surface area contributed by atoms with Crippen LogP contribution in [0.2, 0.25) is 10.0 Å². The van der Waals surface area contributed by atoms with Crippen molar-refractivity contribution in [1.29, 1.82) is 0 Å². The Hall–Kier alpha value is -2.87. The number of carbonyl (C=O) groups excluding carboxylic acids is 1. The molecule has 9 heteroatoms. The molecule has 0 fully saturated rings. The van der Waals surface area contributed by atoms with Gasteiger partial charge in [0.05, 0.1) is 26.3 Å². The molecule has 0 spiro atoms. The zero-order valence-electron chi connectivity index (χ0n) is 19.9. The van der Waals surface area contributed by atoms with Crippen LogP contribution in [-0.2, 0) is 20.2 Å². The zero-order valence-corrected chi connectivity index (χ0v) is 22.2. The molecule has 184 valence electrons. The summed E-state index contributed by atoms with van der Waals surface area (Å²) in [5.74, 6) is -0.633. The number of anilines is 1. The Morgan fingerprint density at radius 3 is 2.17 bits per heavy atom. The van der Waals surface area contributed by atoms with Gasteiger partial charge >= 0.3 is 0 Å². The number of hydrogen-bond acceptors (Lipinski definition) is 4. The van der Waals surface area contributed by atoms with Crippen molar-refractivity contribution < 1.29 is 13.2 Å². The molecule has 3 aromatic rings. The largest absolute Gasteiger partial charge is 0.271 e. The molecule has 0 unspecified atom stereocenters. The molecule has 0 aliphatic heterocycles. The molecular weight excluding hydrogens is 505 g/mol. The SMILES string of the molecule is C/C(=N/NC(=O)CN(c1cccc(Cl)c1Cl)S(=O)(=O)c1ccccc1)c1ccc(C(C)(C)C)cc1. The van der Waals surface area contributed by atoms with Crippen LogP contribution in [0.1, 0.15) is 38.8 Å². The lowest BCUT2D eigenvalue weighted by molar-refractivity contribution is -0.119. The first-order valence-electron chi connectivity index (χ1n) is 10.9. The van der Waals surface area contributed by atoms with Gasteiger partial charge in [0.1, 0.15) is 6.54 Å². The zero-order chi connectivity index (χ0) is 25.8. The molecule has 0 atom stereocenters. The fourth-order valence-corrected chi connectivity index (χ4v) is 5.19. The lowest BCUT2D eigenvalue weighted by Crippen LogP contribution is -2.40. The first-order valence-corrected chi connectivity index (χ1v) is 13.1. The maximum Gasteiger partial charge on any atom is 0.264 e. The van der Waals surface area contributed by atoms with Crippen molar-refractivity contribution in [3.63, 3.8) is 0 Å². The number of carbonyl (C=O) groups is 1. The minimum atomic E-state index is -4.12. The molecular formula is C26H27Cl2N3O3S. The molecule has 0 heterocycles. The number of nitrogens with one attached hydrogen (secondary N) is 1. The van der Waals surface area contributed by atoms with Crippen molar-refractivity contribution in [3.05, 3.63) is 94.0 Å². The minimum Gasteiger partial charge on any atom is -0.271 e. The van der Waals surface area contributed by atoms with E-state index >= 15 is 0 Å². The maximum atomic E-state index is 13.4. The van der Waals surface area contributed by atoms with Crippen LogP contribution < -0.4 is 9.73 Å². The molecule has 1 amide bonds. The Balaban J connectivity index is 1.86. The summed E-state index contributed by atoms with van der Waals surface area (Å²) in [6, 6.07) is 20.3. The number of hydrogen-bond donors (Lipinski definition) is 1. The van der Waals surface area contributed by atoms with Crippen molar-refractivity contribution in [2.24, 2.45) is 5.10 Å². The molecule has 0 aliphatic rings. The average Bonchev–Trinajstić information content (AvgIpc) is 2.83. The summed E-state index contributed by atoms with van der Waals surface area (Å²) in [6.45, 7) is 7.61. The number of halogens is 2. The van der Waals surface area contributed by atoms with Crippen molar-refractivity contribution >= 4 is 50.5 Å². The monoisotopic (exact) mass is 531 g/mol. The van der Waals surface area contributed by atoms with Crippen molar-refractivity contribution in [2.45, 2.75) is 38.0 Å². The van der Waals surface area contributed by atoms with Gasteiger partial charge in [0.2, 0.25) is 0 Å². The fourth-order valence-electron chi connectivity index (χ4n) is 3.29. The number of nitrogens with zero attached hydrogens (tertiary/aromatic N) is 2. The molecule has 0 saturated carbocycles. The standard InChI is InChI=1S/C26H27Cl2N3O3S/c1-18(19-13-15-20(16-14-19)26(2,3)4)29-30-24(32)17-31(23-12-8-11-22(27)25(23)28)35(33,34)21-9-6-5-7-10-21/h5-16H,17H2,1-4H3,(H,30,32)/b29-18-. The second-order valence-corrected chi connectivity index (χ2v) is 11.6. The Bertz CT molecular complexity index is 1330. The summed E-state index contributed by atoms with van der Waals surface area (Å²) in [5, 5.41) is 4.36. The smallest absolute Gasteiger partial charge is 0.264 e. The minimum absolute atomic E-state index is 0.0162. The van der Waals surface area contributed by atoms with Crippen LogP contribution in [-0.4, -0.2) is 26.6 Å². The second-order valence-electron chi connectivity index (χ2n) is 8.96. The molecule has 0 bridgehead atoms. The van der Waals surface area contributed by atoms with Crippen LogP contribution in [0.5, 0.6) is 0 Å². The third kappa shape index (κ3) is 6.42. The number of rotatable bonds is 7.